The molecule has 1 radical (unpaired) electrons. The molecule has 3 aromatic carbocycles. The zero-order valence-electron chi connectivity index (χ0n) is 23.6. The summed E-state index contributed by atoms with van der Waals surface area (Å²) in [6.07, 6.45) is -3.76. The van der Waals surface area contributed by atoms with Gasteiger partial charge in [0, 0.05) is 43.7 Å². The highest BCUT2D eigenvalue weighted by molar-refractivity contribution is 5.46. The Kier molecular flexibility index (Phi) is 9.05. The molecule has 3 aromatic rings. The molecule has 2 nitrogen and oxygen atoms in total. The maximum absolute atomic E-state index is 13.9. The van der Waals surface area contributed by atoms with E-state index < -0.39 is 34.9 Å². The van der Waals surface area contributed by atoms with E-state index in [0.717, 1.165) is 49.4 Å². The molecule has 1 saturated heterocycles. The van der Waals surface area contributed by atoms with Crippen LogP contribution in [-0.4, -0.2) is 48.1 Å². The van der Waals surface area contributed by atoms with Crippen LogP contribution in [0, 0.1) is 6.92 Å². The minimum Gasteiger partial charge on any atom is -0.298 e. The lowest BCUT2D eigenvalue weighted by molar-refractivity contribution is -0.143. The Morgan fingerprint density at radius 3 is 1.57 bits per heavy atom. The molecule has 0 N–H and O–H groups in total. The molecule has 0 aromatic heterocycles. The van der Waals surface area contributed by atoms with E-state index in [9.17, 15) is 26.3 Å². The largest absolute Gasteiger partial charge is 0.416 e. The highest BCUT2D eigenvalue weighted by Crippen LogP contribution is 2.44. The Bertz CT molecular complexity index is 1220. The van der Waals surface area contributed by atoms with Crippen molar-refractivity contribution in [1.29, 1.82) is 0 Å². The Morgan fingerprint density at radius 1 is 0.643 bits per heavy atom. The number of hydrogen-bond acceptors (Lipinski definition) is 2. The van der Waals surface area contributed by atoms with E-state index in [-0.39, 0.29) is 18.1 Å². The predicted molar refractivity (Wildman–Crippen MR) is 153 cm³/mol. The molecule has 0 bridgehead atoms. The van der Waals surface area contributed by atoms with E-state index in [1.165, 1.54) is 32.1 Å². The van der Waals surface area contributed by atoms with Crippen molar-refractivity contribution in [3.8, 4) is 0 Å². The topological polar surface area (TPSA) is 6.48 Å². The third-order valence-corrected chi connectivity index (χ3v) is 9.16. The highest BCUT2D eigenvalue weighted by atomic mass is 19.4. The fraction of sp³-hybridized carbons (Fsp3) is 0.441. The number of nitrogens with zero attached hydrogens (tertiary/aromatic N) is 2. The van der Waals surface area contributed by atoms with E-state index in [2.05, 4.69) is 16.7 Å². The highest BCUT2D eigenvalue weighted by Gasteiger charge is 2.45. The van der Waals surface area contributed by atoms with Crippen molar-refractivity contribution in [2.75, 3.05) is 26.2 Å². The molecule has 2 fully saturated rings. The first-order valence-electron chi connectivity index (χ1n) is 14.7. The standard InChI is InChI=1S/C34H37F6N2/c1-25(41-17-19-42(20-18-41)31-15-9-4-10-16-31)32(27-11-5-2-6-12-27,28-13-7-3-8-14-28)24-26-21-29(33(35,36)37)23-30(22-26)34(38,39)40/h2-3,5-8,11-14,21-23,25,31H,1,4,9-10,15-20,24H2. The molecular formula is C34H37F6N2. The van der Waals surface area contributed by atoms with Gasteiger partial charge in [0.15, 0.2) is 0 Å². The van der Waals surface area contributed by atoms with Gasteiger partial charge in [-0.15, -0.1) is 0 Å². The molecule has 1 aliphatic heterocycles. The summed E-state index contributed by atoms with van der Waals surface area (Å²) in [5.41, 5.74) is -2.04. The molecule has 0 spiro atoms. The zero-order chi connectivity index (χ0) is 30.0. The van der Waals surface area contributed by atoms with Gasteiger partial charge in [0.05, 0.1) is 11.1 Å². The third kappa shape index (κ3) is 6.55. The van der Waals surface area contributed by atoms with Crippen molar-refractivity contribution in [3.05, 3.63) is 114 Å². The van der Waals surface area contributed by atoms with Crippen molar-refractivity contribution in [2.45, 2.75) is 68.4 Å². The summed E-state index contributed by atoms with van der Waals surface area (Å²) >= 11 is 0. The monoisotopic (exact) mass is 587 g/mol. The average Bonchev–Trinajstić information content (AvgIpc) is 3.00. The van der Waals surface area contributed by atoms with Crippen LogP contribution in [0.3, 0.4) is 0 Å². The SMILES string of the molecule is [CH2]C(N1CCN(C2CCCCC2)CC1)C(Cc1cc(C(F)(F)F)cc(C(F)(F)F)c1)(c1ccccc1)c1ccccc1. The zero-order valence-corrected chi connectivity index (χ0v) is 23.6. The fourth-order valence-corrected chi connectivity index (χ4v) is 6.96. The summed E-state index contributed by atoms with van der Waals surface area (Å²) < 4.78 is 83.2. The van der Waals surface area contributed by atoms with Crippen LogP contribution in [0.15, 0.2) is 78.9 Å². The van der Waals surface area contributed by atoms with Crippen LogP contribution in [-0.2, 0) is 24.2 Å². The second kappa shape index (κ2) is 12.4. The molecule has 1 unspecified atom stereocenters. The van der Waals surface area contributed by atoms with Crippen LogP contribution in [0.4, 0.5) is 26.3 Å². The Balaban J connectivity index is 1.59. The smallest absolute Gasteiger partial charge is 0.298 e. The van der Waals surface area contributed by atoms with Gasteiger partial charge in [-0.25, -0.2) is 0 Å². The molecule has 42 heavy (non-hydrogen) atoms. The summed E-state index contributed by atoms with van der Waals surface area (Å²) in [5.74, 6) is 0. The molecule has 225 valence electrons. The summed E-state index contributed by atoms with van der Waals surface area (Å²) in [4.78, 5) is 4.80. The van der Waals surface area contributed by atoms with Crippen LogP contribution < -0.4 is 0 Å². The minimum atomic E-state index is -4.92. The minimum absolute atomic E-state index is 0.0284. The number of piperazine rings is 1. The molecule has 8 heteroatoms. The second-order valence-electron chi connectivity index (χ2n) is 11.7. The van der Waals surface area contributed by atoms with Gasteiger partial charge in [0.2, 0.25) is 0 Å². The van der Waals surface area contributed by atoms with Gasteiger partial charge in [-0.3, -0.25) is 9.80 Å². The van der Waals surface area contributed by atoms with Crippen molar-refractivity contribution in [2.24, 2.45) is 0 Å². The molecule has 2 aliphatic rings. The van der Waals surface area contributed by atoms with Crippen molar-refractivity contribution >= 4 is 0 Å². The van der Waals surface area contributed by atoms with E-state index in [1.807, 2.05) is 60.7 Å². The Hall–Kier alpha value is -2.84. The van der Waals surface area contributed by atoms with Gasteiger partial charge >= 0.3 is 12.4 Å². The Morgan fingerprint density at radius 2 is 1.12 bits per heavy atom. The maximum atomic E-state index is 13.9. The average molecular weight is 588 g/mol. The fourth-order valence-electron chi connectivity index (χ4n) is 6.96. The van der Waals surface area contributed by atoms with Crippen molar-refractivity contribution in [3.63, 3.8) is 0 Å². The Labute approximate surface area is 244 Å². The first-order chi connectivity index (χ1) is 20.0. The van der Waals surface area contributed by atoms with Gasteiger partial charge in [-0.1, -0.05) is 79.9 Å². The lowest BCUT2D eigenvalue weighted by atomic mass is 9.65. The molecule has 0 amide bonds. The second-order valence-corrected chi connectivity index (χ2v) is 11.7. The van der Waals surface area contributed by atoms with E-state index in [4.69, 9.17) is 0 Å². The molecule has 5 rings (SSSR count). The first-order valence-corrected chi connectivity index (χ1v) is 14.7. The van der Waals surface area contributed by atoms with Crippen LogP contribution in [0.1, 0.15) is 59.9 Å². The molecule has 1 aliphatic carbocycles. The lowest BCUT2D eigenvalue weighted by Crippen LogP contribution is -2.58. The number of rotatable bonds is 7. The molecule has 1 atom stereocenters. The van der Waals surface area contributed by atoms with Gasteiger partial charge < -0.3 is 0 Å². The van der Waals surface area contributed by atoms with E-state index >= 15 is 0 Å². The van der Waals surface area contributed by atoms with Gasteiger partial charge in [0.25, 0.3) is 0 Å². The number of benzene rings is 3. The van der Waals surface area contributed by atoms with Crippen LogP contribution in [0.2, 0.25) is 0 Å². The maximum Gasteiger partial charge on any atom is 0.416 e. The summed E-state index contributed by atoms with van der Waals surface area (Å²) in [7, 11) is 0. The number of alkyl halides is 6. The van der Waals surface area contributed by atoms with Gasteiger partial charge in [-0.2, -0.15) is 26.3 Å². The number of hydrogen-bond donors (Lipinski definition) is 0. The predicted octanol–water partition coefficient (Wildman–Crippen LogP) is 8.41. The summed E-state index contributed by atoms with van der Waals surface area (Å²) in [6, 6.07) is 20.8. The summed E-state index contributed by atoms with van der Waals surface area (Å²) in [5, 5.41) is 0. The lowest BCUT2D eigenvalue weighted by Gasteiger charge is -2.49. The summed E-state index contributed by atoms with van der Waals surface area (Å²) in [6.45, 7) is 7.79. The van der Waals surface area contributed by atoms with Gasteiger partial charge in [-0.05, 0) is 61.1 Å². The van der Waals surface area contributed by atoms with Crippen LogP contribution >= 0.6 is 0 Å². The number of halogens is 6. The van der Waals surface area contributed by atoms with Crippen molar-refractivity contribution < 1.29 is 26.3 Å². The molecule has 1 heterocycles. The molecular weight excluding hydrogens is 550 g/mol. The third-order valence-electron chi connectivity index (χ3n) is 9.16. The van der Waals surface area contributed by atoms with Crippen LogP contribution in [0.25, 0.3) is 0 Å². The quantitative estimate of drug-likeness (QED) is 0.256. The van der Waals surface area contributed by atoms with E-state index in [1.54, 1.807) is 0 Å². The van der Waals surface area contributed by atoms with Gasteiger partial charge in [0.1, 0.15) is 0 Å². The van der Waals surface area contributed by atoms with E-state index in [0.29, 0.717) is 6.04 Å². The normalized spacial score (nSPS) is 19.1. The van der Waals surface area contributed by atoms with Crippen molar-refractivity contribution in [1.82, 2.24) is 9.80 Å². The van der Waals surface area contributed by atoms with Crippen LogP contribution in [0.5, 0.6) is 0 Å². The molecule has 1 saturated carbocycles. The first kappa shape index (κ1) is 30.6.